The van der Waals surface area contributed by atoms with Crippen LogP contribution >= 0.6 is 11.6 Å². The van der Waals surface area contributed by atoms with Crippen LogP contribution in [0.15, 0.2) is 12.3 Å². The maximum atomic E-state index is 6.34. The molecule has 0 aromatic carbocycles. The third kappa shape index (κ3) is 2.56. The van der Waals surface area contributed by atoms with Crippen molar-refractivity contribution in [3.8, 4) is 0 Å². The standard InChI is InChI=1S/C16H22ClN3/c1-11-8-9-18-16-14(11)19-15(12(2)17)20(16)10-13-6-4-3-5-7-13/h8-9,12-13H,3-7,10H2,1-2H3. The Balaban J connectivity index is 2.02. The summed E-state index contributed by atoms with van der Waals surface area (Å²) in [6.45, 7) is 5.10. The molecule has 0 spiro atoms. The van der Waals surface area contributed by atoms with E-state index >= 15 is 0 Å². The second-order valence-corrected chi connectivity index (χ2v) is 6.66. The maximum absolute atomic E-state index is 6.34. The van der Waals surface area contributed by atoms with Gasteiger partial charge < -0.3 is 4.57 Å². The van der Waals surface area contributed by atoms with Crippen molar-refractivity contribution in [1.29, 1.82) is 0 Å². The Morgan fingerprint density at radius 1 is 1.35 bits per heavy atom. The molecule has 1 aliphatic rings. The van der Waals surface area contributed by atoms with Crippen molar-refractivity contribution in [2.24, 2.45) is 5.92 Å². The van der Waals surface area contributed by atoms with Crippen LogP contribution in [-0.4, -0.2) is 14.5 Å². The van der Waals surface area contributed by atoms with E-state index < -0.39 is 0 Å². The summed E-state index contributed by atoms with van der Waals surface area (Å²) in [6, 6.07) is 2.02. The van der Waals surface area contributed by atoms with Gasteiger partial charge in [-0.3, -0.25) is 0 Å². The Kier molecular flexibility index (Phi) is 3.97. The van der Waals surface area contributed by atoms with Crippen LogP contribution in [0.3, 0.4) is 0 Å². The molecule has 108 valence electrons. The van der Waals surface area contributed by atoms with Gasteiger partial charge in [-0.25, -0.2) is 9.97 Å². The van der Waals surface area contributed by atoms with Crippen LogP contribution in [0, 0.1) is 12.8 Å². The van der Waals surface area contributed by atoms with Crippen molar-refractivity contribution in [3.05, 3.63) is 23.7 Å². The Morgan fingerprint density at radius 3 is 2.80 bits per heavy atom. The van der Waals surface area contributed by atoms with Gasteiger partial charge in [-0.2, -0.15) is 0 Å². The molecule has 20 heavy (non-hydrogen) atoms. The zero-order valence-electron chi connectivity index (χ0n) is 12.3. The molecule has 1 fully saturated rings. The molecule has 0 saturated heterocycles. The van der Waals surface area contributed by atoms with E-state index in [1.807, 2.05) is 19.2 Å². The third-order valence-corrected chi connectivity index (χ3v) is 4.58. The number of nitrogens with zero attached hydrogens (tertiary/aromatic N) is 3. The molecule has 0 aliphatic heterocycles. The SMILES string of the molecule is Cc1ccnc2c1nc(C(C)Cl)n2CC1CCCCC1. The van der Waals surface area contributed by atoms with Crippen molar-refractivity contribution in [2.75, 3.05) is 0 Å². The average Bonchev–Trinajstić information content (AvgIpc) is 2.81. The van der Waals surface area contributed by atoms with Gasteiger partial charge in [-0.15, -0.1) is 11.6 Å². The summed E-state index contributed by atoms with van der Waals surface area (Å²) in [5.74, 6) is 1.71. The fourth-order valence-corrected chi connectivity index (χ4v) is 3.43. The highest BCUT2D eigenvalue weighted by Crippen LogP contribution is 2.30. The normalized spacial score (nSPS) is 18.6. The summed E-state index contributed by atoms with van der Waals surface area (Å²) < 4.78 is 2.26. The van der Waals surface area contributed by atoms with Gasteiger partial charge in [-0.1, -0.05) is 19.3 Å². The van der Waals surface area contributed by atoms with Gasteiger partial charge in [0.25, 0.3) is 0 Å². The van der Waals surface area contributed by atoms with Gasteiger partial charge in [0.05, 0.1) is 5.38 Å². The topological polar surface area (TPSA) is 30.7 Å². The first kappa shape index (κ1) is 13.9. The van der Waals surface area contributed by atoms with E-state index in [9.17, 15) is 0 Å². The molecule has 1 aliphatic carbocycles. The molecule has 3 nitrogen and oxygen atoms in total. The molecular weight excluding hydrogens is 270 g/mol. The highest BCUT2D eigenvalue weighted by atomic mass is 35.5. The number of aromatic nitrogens is 3. The van der Waals surface area contributed by atoms with Crippen LogP contribution in [0.5, 0.6) is 0 Å². The number of aryl methyl sites for hydroxylation is 1. The fraction of sp³-hybridized carbons (Fsp3) is 0.625. The molecule has 0 N–H and O–H groups in total. The molecule has 2 aromatic rings. The van der Waals surface area contributed by atoms with E-state index in [4.69, 9.17) is 16.6 Å². The van der Waals surface area contributed by atoms with E-state index in [-0.39, 0.29) is 5.38 Å². The summed E-state index contributed by atoms with van der Waals surface area (Å²) in [7, 11) is 0. The van der Waals surface area contributed by atoms with Crippen molar-refractivity contribution in [1.82, 2.24) is 14.5 Å². The Bertz CT molecular complexity index is 597. The first-order valence-electron chi connectivity index (χ1n) is 7.62. The highest BCUT2D eigenvalue weighted by molar-refractivity contribution is 6.20. The predicted molar refractivity (Wildman–Crippen MR) is 83.1 cm³/mol. The van der Waals surface area contributed by atoms with E-state index in [1.54, 1.807) is 0 Å². The molecule has 3 rings (SSSR count). The van der Waals surface area contributed by atoms with Crippen LogP contribution in [0.2, 0.25) is 0 Å². The number of rotatable bonds is 3. The summed E-state index contributed by atoms with van der Waals surface area (Å²) in [6.07, 6.45) is 8.62. The molecule has 1 unspecified atom stereocenters. The Labute approximate surface area is 125 Å². The summed E-state index contributed by atoms with van der Waals surface area (Å²) in [4.78, 5) is 9.30. The molecule has 4 heteroatoms. The van der Waals surface area contributed by atoms with Crippen LogP contribution in [0.25, 0.3) is 11.2 Å². The zero-order valence-corrected chi connectivity index (χ0v) is 13.0. The van der Waals surface area contributed by atoms with E-state index in [1.165, 1.54) is 37.7 Å². The monoisotopic (exact) mass is 291 g/mol. The summed E-state index contributed by atoms with van der Waals surface area (Å²) in [5, 5.41) is -0.0767. The van der Waals surface area contributed by atoms with Gasteiger partial charge in [-0.05, 0) is 44.2 Å². The minimum Gasteiger partial charge on any atom is -0.311 e. The second kappa shape index (κ2) is 5.72. The minimum atomic E-state index is -0.0767. The lowest BCUT2D eigenvalue weighted by Crippen LogP contribution is -2.16. The van der Waals surface area contributed by atoms with E-state index in [0.717, 1.165) is 29.5 Å². The van der Waals surface area contributed by atoms with Crippen LogP contribution in [0.1, 0.15) is 55.8 Å². The maximum Gasteiger partial charge on any atom is 0.160 e. The lowest BCUT2D eigenvalue weighted by atomic mass is 9.89. The van der Waals surface area contributed by atoms with Gasteiger partial charge >= 0.3 is 0 Å². The lowest BCUT2D eigenvalue weighted by Gasteiger charge is -2.23. The van der Waals surface area contributed by atoms with Crippen LogP contribution in [0.4, 0.5) is 0 Å². The largest absolute Gasteiger partial charge is 0.311 e. The zero-order chi connectivity index (χ0) is 14.1. The van der Waals surface area contributed by atoms with Crippen LogP contribution < -0.4 is 0 Å². The summed E-state index contributed by atoms with van der Waals surface area (Å²) in [5.41, 5.74) is 3.18. The van der Waals surface area contributed by atoms with Crippen molar-refractivity contribution >= 4 is 22.8 Å². The average molecular weight is 292 g/mol. The third-order valence-electron chi connectivity index (χ3n) is 4.39. The number of hydrogen-bond acceptors (Lipinski definition) is 2. The number of halogens is 1. The molecule has 1 saturated carbocycles. The van der Waals surface area contributed by atoms with E-state index in [2.05, 4.69) is 16.5 Å². The van der Waals surface area contributed by atoms with Gasteiger partial charge in [0, 0.05) is 12.7 Å². The second-order valence-electron chi connectivity index (χ2n) is 6.00. The fourth-order valence-electron chi connectivity index (χ4n) is 3.27. The van der Waals surface area contributed by atoms with Gasteiger partial charge in [0.1, 0.15) is 11.3 Å². The molecular formula is C16H22ClN3. The highest BCUT2D eigenvalue weighted by Gasteiger charge is 2.21. The Morgan fingerprint density at radius 2 is 2.10 bits per heavy atom. The number of pyridine rings is 1. The predicted octanol–water partition coefficient (Wildman–Crippen LogP) is 4.62. The van der Waals surface area contributed by atoms with Gasteiger partial charge in [0.2, 0.25) is 0 Å². The smallest absolute Gasteiger partial charge is 0.160 e. The Hall–Kier alpha value is -1.09. The number of hydrogen-bond donors (Lipinski definition) is 0. The molecule has 0 amide bonds. The van der Waals surface area contributed by atoms with E-state index in [0.29, 0.717) is 0 Å². The van der Waals surface area contributed by atoms with Crippen molar-refractivity contribution < 1.29 is 0 Å². The molecule has 1 atom stereocenters. The quantitative estimate of drug-likeness (QED) is 0.773. The minimum absolute atomic E-state index is 0.0767. The first-order chi connectivity index (χ1) is 9.66. The molecule has 2 heterocycles. The molecule has 0 radical (unpaired) electrons. The van der Waals surface area contributed by atoms with Crippen LogP contribution in [-0.2, 0) is 6.54 Å². The number of fused-ring (bicyclic) bond motifs is 1. The number of alkyl halides is 1. The molecule has 2 aromatic heterocycles. The number of imidazole rings is 1. The van der Waals surface area contributed by atoms with Gasteiger partial charge in [0.15, 0.2) is 5.65 Å². The molecule has 0 bridgehead atoms. The van der Waals surface area contributed by atoms with Crippen molar-refractivity contribution in [3.63, 3.8) is 0 Å². The summed E-state index contributed by atoms with van der Waals surface area (Å²) >= 11 is 6.34. The lowest BCUT2D eigenvalue weighted by molar-refractivity contribution is 0.318. The first-order valence-corrected chi connectivity index (χ1v) is 8.06. The van der Waals surface area contributed by atoms with Crippen molar-refractivity contribution in [2.45, 2.75) is 57.9 Å².